The maximum atomic E-state index is 13.4. The SMILES string of the molecule is O=C(Nc1ccccc1)c1c(N=Cc2cc(Br)ccc2OCc2ccc([N+](=O)[O-])cc2)sc2c1CCCC2. The summed E-state index contributed by atoms with van der Waals surface area (Å²) < 4.78 is 6.92. The molecule has 1 N–H and O–H groups in total. The van der Waals surface area contributed by atoms with E-state index in [-0.39, 0.29) is 18.2 Å². The number of aliphatic imine (C=N–C) groups is 1. The molecule has 1 aliphatic rings. The summed E-state index contributed by atoms with van der Waals surface area (Å²) in [5, 5.41) is 14.6. The molecule has 9 heteroatoms. The zero-order valence-electron chi connectivity index (χ0n) is 20.4. The number of nitrogens with zero attached hydrogens (tertiary/aromatic N) is 2. The van der Waals surface area contributed by atoms with Crippen LogP contribution in [0.15, 0.2) is 82.3 Å². The van der Waals surface area contributed by atoms with Crippen molar-refractivity contribution in [2.24, 2.45) is 4.99 Å². The van der Waals surface area contributed by atoms with Crippen LogP contribution < -0.4 is 10.1 Å². The van der Waals surface area contributed by atoms with Gasteiger partial charge in [0.25, 0.3) is 11.6 Å². The van der Waals surface area contributed by atoms with Crippen LogP contribution in [0.25, 0.3) is 0 Å². The van der Waals surface area contributed by atoms with E-state index >= 15 is 0 Å². The fourth-order valence-electron chi connectivity index (χ4n) is 4.35. The lowest BCUT2D eigenvalue weighted by atomic mass is 9.95. The molecule has 0 saturated carbocycles. The number of carbonyl (C=O) groups excluding carboxylic acids is 1. The van der Waals surface area contributed by atoms with Crippen LogP contribution in [0.3, 0.4) is 0 Å². The van der Waals surface area contributed by atoms with E-state index in [2.05, 4.69) is 21.2 Å². The lowest BCUT2D eigenvalue weighted by Crippen LogP contribution is -2.14. The second-order valence-corrected chi connectivity index (χ2v) is 10.9. The van der Waals surface area contributed by atoms with Gasteiger partial charge in [-0.1, -0.05) is 34.1 Å². The first-order valence-electron chi connectivity index (χ1n) is 12.2. The Hall–Kier alpha value is -3.82. The Morgan fingerprint density at radius 3 is 2.61 bits per heavy atom. The molecule has 0 unspecified atom stereocenters. The molecule has 38 heavy (non-hydrogen) atoms. The fourth-order valence-corrected chi connectivity index (χ4v) is 5.96. The van der Waals surface area contributed by atoms with Gasteiger partial charge in [-0.15, -0.1) is 11.3 Å². The van der Waals surface area contributed by atoms with Crippen molar-refractivity contribution in [1.82, 2.24) is 0 Å². The first-order chi connectivity index (χ1) is 18.5. The highest BCUT2D eigenvalue weighted by Gasteiger charge is 2.25. The predicted octanol–water partition coefficient (Wildman–Crippen LogP) is 7.88. The summed E-state index contributed by atoms with van der Waals surface area (Å²) in [4.78, 5) is 29.9. The third-order valence-corrected chi connectivity index (χ3v) is 7.94. The minimum Gasteiger partial charge on any atom is -0.488 e. The van der Waals surface area contributed by atoms with Crippen molar-refractivity contribution < 1.29 is 14.5 Å². The molecule has 0 aliphatic heterocycles. The van der Waals surface area contributed by atoms with Gasteiger partial charge in [0.15, 0.2) is 0 Å². The molecule has 1 heterocycles. The lowest BCUT2D eigenvalue weighted by Gasteiger charge is -2.13. The topological polar surface area (TPSA) is 93.8 Å². The smallest absolute Gasteiger partial charge is 0.269 e. The lowest BCUT2D eigenvalue weighted by molar-refractivity contribution is -0.384. The summed E-state index contributed by atoms with van der Waals surface area (Å²) in [5.41, 5.74) is 4.10. The second kappa shape index (κ2) is 11.7. The molecule has 4 aromatic rings. The Morgan fingerprint density at radius 2 is 1.84 bits per heavy atom. The van der Waals surface area contributed by atoms with Crippen LogP contribution in [0.4, 0.5) is 16.4 Å². The third kappa shape index (κ3) is 6.00. The van der Waals surface area contributed by atoms with Gasteiger partial charge in [-0.05, 0) is 79.3 Å². The Kier molecular flexibility index (Phi) is 7.95. The Morgan fingerprint density at radius 1 is 1.08 bits per heavy atom. The van der Waals surface area contributed by atoms with Crippen LogP contribution in [-0.4, -0.2) is 17.0 Å². The van der Waals surface area contributed by atoms with Gasteiger partial charge < -0.3 is 10.1 Å². The number of nitrogens with one attached hydrogen (secondary N) is 1. The highest BCUT2D eigenvalue weighted by Crippen LogP contribution is 2.40. The highest BCUT2D eigenvalue weighted by atomic mass is 79.9. The minimum absolute atomic E-state index is 0.0379. The number of aryl methyl sites for hydroxylation is 1. The summed E-state index contributed by atoms with van der Waals surface area (Å²) in [6, 6.07) is 21.4. The molecule has 1 amide bonds. The van der Waals surface area contributed by atoms with Crippen molar-refractivity contribution in [3.05, 3.63) is 115 Å². The minimum atomic E-state index is -0.426. The van der Waals surface area contributed by atoms with Gasteiger partial charge in [-0.25, -0.2) is 4.99 Å². The largest absolute Gasteiger partial charge is 0.488 e. The molecule has 192 valence electrons. The number of nitro benzene ring substituents is 1. The predicted molar refractivity (Wildman–Crippen MR) is 154 cm³/mol. The van der Waals surface area contributed by atoms with Crippen LogP contribution in [0, 0.1) is 10.1 Å². The average molecular weight is 590 g/mol. The van der Waals surface area contributed by atoms with Crippen LogP contribution in [0.5, 0.6) is 5.75 Å². The number of fused-ring (bicyclic) bond motifs is 1. The number of non-ortho nitro benzene ring substituents is 1. The summed E-state index contributed by atoms with van der Waals surface area (Å²) in [6.07, 6.45) is 5.74. The number of ether oxygens (including phenoxy) is 1. The molecule has 7 nitrogen and oxygen atoms in total. The number of anilines is 1. The van der Waals surface area contributed by atoms with E-state index in [0.717, 1.165) is 52.5 Å². The number of benzene rings is 3. The summed E-state index contributed by atoms with van der Waals surface area (Å²) in [7, 11) is 0. The van der Waals surface area contributed by atoms with Crippen molar-refractivity contribution in [3.8, 4) is 5.75 Å². The van der Waals surface area contributed by atoms with Gasteiger partial charge >= 0.3 is 0 Å². The van der Waals surface area contributed by atoms with E-state index in [9.17, 15) is 14.9 Å². The molecule has 0 fully saturated rings. The van der Waals surface area contributed by atoms with E-state index in [0.29, 0.717) is 16.3 Å². The van der Waals surface area contributed by atoms with Gasteiger partial charge in [0.05, 0.1) is 10.5 Å². The number of thiophene rings is 1. The number of para-hydroxylation sites is 1. The van der Waals surface area contributed by atoms with Crippen LogP contribution >= 0.6 is 27.3 Å². The quantitative estimate of drug-likeness (QED) is 0.128. The van der Waals surface area contributed by atoms with Crippen molar-refractivity contribution in [3.63, 3.8) is 0 Å². The van der Waals surface area contributed by atoms with Crippen molar-refractivity contribution in [2.45, 2.75) is 32.3 Å². The molecular weight excluding hydrogens is 566 g/mol. The zero-order valence-corrected chi connectivity index (χ0v) is 22.8. The number of carbonyl (C=O) groups is 1. The van der Waals surface area contributed by atoms with Crippen LogP contribution in [-0.2, 0) is 19.4 Å². The number of amides is 1. The fraction of sp³-hybridized carbons (Fsp3) is 0.172. The highest BCUT2D eigenvalue weighted by molar-refractivity contribution is 9.10. The van der Waals surface area contributed by atoms with Crippen LogP contribution in [0.1, 0.15) is 44.8 Å². The summed E-state index contributed by atoms with van der Waals surface area (Å²) >= 11 is 5.10. The standard InChI is InChI=1S/C29H24BrN3O4S/c30-21-12-15-25(37-18-19-10-13-23(14-11-19)33(35)36)20(16-21)17-31-29-27(24-8-4-5-9-26(24)38-29)28(34)32-22-6-2-1-3-7-22/h1-3,6-7,10-17H,4-5,8-9,18H2,(H,32,34). The Labute approximate surface area is 232 Å². The number of hydrogen-bond donors (Lipinski definition) is 1. The number of halogens is 1. The molecule has 1 aromatic heterocycles. The first-order valence-corrected chi connectivity index (χ1v) is 13.8. The third-order valence-electron chi connectivity index (χ3n) is 6.25. The average Bonchev–Trinajstić information content (AvgIpc) is 3.30. The Balaban J connectivity index is 1.41. The maximum absolute atomic E-state index is 13.4. The van der Waals surface area contributed by atoms with Gasteiger partial charge in [0.1, 0.15) is 17.4 Å². The zero-order chi connectivity index (χ0) is 26.5. The molecular formula is C29H24BrN3O4S. The monoisotopic (exact) mass is 589 g/mol. The van der Waals surface area contributed by atoms with Crippen molar-refractivity contribution in [1.29, 1.82) is 0 Å². The molecule has 0 radical (unpaired) electrons. The molecule has 0 saturated heterocycles. The van der Waals surface area contributed by atoms with E-state index in [1.807, 2.05) is 48.5 Å². The van der Waals surface area contributed by atoms with Gasteiger partial charge in [-0.3, -0.25) is 14.9 Å². The maximum Gasteiger partial charge on any atom is 0.269 e. The van der Waals surface area contributed by atoms with Gasteiger partial charge in [-0.2, -0.15) is 0 Å². The van der Waals surface area contributed by atoms with E-state index in [4.69, 9.17) is 9.73 Å². The molecule has 3 aromatic carbocycles. The second-order valence-electron chi connectivity index (χ2n) is 8.86. The van der Waals surface area contributed by atoms with Gasteiger partial charge in [0.2, 0.25) is 0 Å². The van der Waals surface area contributed by atoms with E-state index < -0.39 is 4.92 Å². The number of hydrogen-bond acceptors (Lipinski definition) is 6. The number of rotatable bonds is 8. The van der Waals surface area contributed by atoms with E-state index in [1.54, 1.807) is 29.7 Å². The molecule has 0 bridgehead atoms. The molecule has 1 aliphatic carbocycles. The molecule has 0 atom stereocenters. The van der Waals surface area contributed by atoms with Gasteiger partial charge in [0, 0.05) is 38.9 Å². The first kappa shape index (κ1) is 25.8. The van der Waals surface area contributed by atoms with E-state index in [1.165, 1.54) is 17.0 Å². The summed E-state index contributed by atoms with van der Waals surface area (Å²) in [5.74, 6) is 0.471. The van der Waals surface area contributed by atoms with Crippen molar-refractivity contribution >= 4 is 55.8 Å². The molecule has 0 spiro atoms. The summed E-state index contributed by atoms with van der Waals surface area (Å²) in [6.45, 7) is 0.249. The van der Waals surface area contributed by atoms with Crippen LogP contribution in [0.2, 0.25) is 0 Å². The normalized spacial score (nSPS) is 12.8. The number of nitro groups is 1. The van der Waals surface area contributed by atoms with Crippen molar-refractivity contribution in [2.75, 3.05) is 5.32 Å². The Bertz CT molecular complexity index is 1500. The molecule has 5 rings (SSSR count).